The Morgan fingerprint density at radius 3 is 2.81 bits per heavy atom. The first-order chi connectivity index (χ1) is 7.65. The molecule has 0 saturated heterocycles. The molecule has 0 bridgehead atoms. The fourth-order valence-corrected chi connectivity index (χ4v) is 2.75. The van der Waals surface area contributed by atoms with Crippen LogP contribution in [0.1, 0.15) is 10.4 Å². The van der Waals surface area contributed by atoms with E-state index in [0.29, 0.717) is 5.75 Å². The first-order valence-corrected chi connectivity index (χ1v) is 6.59. The van der Waals surface area contributed by atoms with Crippen LogP contribution in [0.25, 0.3) is 0 Å². The minimum absolute atomic E-state index is 0.331. The molecule has 0 atom stereocenters. The summed E-state index contributed by atoms with van der Waals surface area (Å²) in [4.78, 5) is 1.26. The SMILES string of the molecule is Cc1ccc(NCc2cc(Br)cs2)cc1O. The largest absolute Gasteiger partial charge is 0.508 e. The molecule has 4 heteroatoms. The number of halogens is 1. The first-order valence-electron chi connectivity index (χ1n) is 4.91. The molecule has 2 rings (SSSR count). The number of nitrogens with one attached hydrogen (secondary N) is 1. The smallest absolute Gasteiger partial charge is 0.120 e. The lowest BCUT2D eigenvalue weighted by Gasteiger charge is -2.06. The topological polar surface area (TPSA) is 32.3 Å². The van der Waals surface area contributed by atoms with Crippen LogP contribution in [0.15, 0.2) is 34.1 Å². The second kappa shape index (κ2) is 4.89. The van der Waals surface area contributed by atoms with Crippen LogP contribution in [0.5, 0.6) is 5.75 Å². The maximum absolute atomic E-state index is 9.56. The van der Waals surface area contributed by atoms with Crippen molar-refractivity contribution >= 4 is 33.0 Å². The van der Waals surface area contributed by atoms with Gasteiger partial charge in [-0.2, -0.15) is 0 Å². The van der Waals surface area contributed by atoms with Crippen LogP contribution in [-0.2, 0) is 6.54 Å². The Hall–Kier alpha value is -1.00. The van der Waals surface area contributed by atoms with E-state index in [4.69, 9.17) is 0 Å². The number of phenols is 1. The molecule has 0 fully saturated rings. The number of phenolic OH excluding ortho intramolecular Hbond substituents is 1. The Labute approximate surface area is 107 Å². The van der Waals surface area contributed by atoms with E-state index in [-0.39, 0.29) is 0 Å². The minimum Gasteiger partial charge on any atom is -0.508 e. The summed E-state index contributed by atoms with van der Waals surface area (Å²) in [5.41, 5.74) is 1.83. The predicted octanol–water partition coefficient (Wildman–Crippen LogP) is 4.14. The second-order valence-corrected chi connectivity index (χ2v) is 5.50. The Bertz CT molecular complexity index is 496. The van der Waals surface area contributed by atoms with Gasteiger partial charge in [-0.3, -0.25) is 0 Å². The van der Waals surface area contributed by atoms with Gasteiger partial charge in [0.25, 0.3) is 0 Å². The van der Waals surface area contributed by atoms with Crippen molar-refractivity contribution in [3.05, 3.63) is 44.6 Å². The van der Waals surface area contributed by atoms with E-state index in [1.807, 2.05) is 19.1 Å². The molecule has 84 valence electrons. The molecule has 2 aromatic rings. The highest BCUT2D eigenvalue weighted by Gasteiger charge is 2.00. The lowest BCUT2D eigenvalue weighted by atomic mass is 10.2. The molecule has 0 spiro atoms. The quantitative estimate of drug-likeness (QED) is 0.892. The van der Waals surface area contributed by atoms with Crippen molar-refractivity contribution in [1.29, 1.82) is 0 Å². The van der Waals surface area contributed by atoms with Crippen LogP contribution in [0.2, 0.25) is 0 Å². The zero-order valence-corrected chi connectivity index (χ0v) is 11.2. The highest BCUT2D eigenvalue weighted by atomic mass is 79.9. The number of hydrogen-bond acceptors (Lipinski definition) is 3. The average Bonchev–Trinajstić information content (AvgIpc) is 2.66. The molecule has 0 aliphatic carbocycles. The Kier molecular flexibility index (Phi) is 3.51. The highest BCUT2D eigenvalue weighted by molar-refractivity contribution is 9.10. The summed E-state index contributed by atoms with van der Waals surface area (Å²) in [6, 6.07) is 7.71. The molecule has 0 aliphatic rings. The van der Waals surface area contributed by atoms with Gasteiger partial charge in [0.2, 0.25) is 0 Å². The Morgan fingerprint density at radius 1 is 1.38 bits per heavy atom. The monoisotopic (exact) mass is 297 g/mol. The number of benzene rings is 1. The molecular weight excluding hydrogens is 286 g/mol. The van der Waals surface area contributed by atoms with E-state index < -0.39 is 0 Å². The zero-order valence-electron chi connectivity index (χ0n) is 8.83. The summed E-state index contributed by atoms with van der Waals surface area (Å²) in [6.45, 7) is 2.66. The summed E-state index contributed by atoms with van der Waals surface area (Å²) in [5, 5.41) is 14.9. The summed E-state index contributed by atoms with van der Waals surface area (Å²) < 4.78 is 1.11. The molecule has 0 radical (unpaired) electrons. The predicted molar refractivity (Wildman–Crippen MR) is 72.2 cm³/mol. The Morgan fingerprint density at radius 2 is 2.19 bits per heavy atom. The maximum atomic E-state index is 9.56. The fraction of sp³-hybridized carbons (Fsp3) is 0.167. The van der Waals surface area contributed by atoms with Crippen LogP contribution in [-0.4, -0.2) is 5.11 Å². The van der Waals surface area contributed by atoms with Crippen molar-refractivity contribution < 1.29 is 5.11 Å². The van der Waals surface area contributed by atoms with Crippen LogP contribution in [0.3, 0.4) is 0 Å². The number of aryl methyl sites for hydroxylation is 1. The fourth-order valence-electron chi connectivity index (χ4n) is 1.36. The van der Waals surface area contributed by atoms with Gasteiger partial charge in [0, 0.05) is 33.0 Å². The van der Waals surface area contributed by atoms with Crippen LogP contribution >= 0.6 is 27.3 Å². The molecule has 1 aromatic heterocycles. The van der Waals surface area contributed by atoms with E-state index in [1.165, 1.54) is 4.88 Å². The number of aromatic hydroxyl groups is 1. The van der Waals surface area contributed by atoms with Gasteiger partial charge in [-0.25, -0.2) is 0 Å². The number of thiophene rings is 1. The second-order valence-electron chi connectivity index (χ2n) is 3.59. The normalized spacial score (nSPS) is 10.4. The molecule has 0 aliphatic heterocycles. The van der Waals surface area contributed by atoms with Gasteiger partial charge in [-0.05, 0) is 40.5 Å². The van der Waals surface area contributed by atoms with E-state index >= 15 is 0 Å². The molecule has 2 nitrogen and oxygen atoms in total. The van der Waals surface area contributed by atoms with Crippen molar-refractivity contribution in [2.24, 2.45) is 0 Å². The third-order valence-corrected chi connectivity index (χ3v) is 4.00. The van der Waals surface area contributed by atoms with Gasteiger partial charge in [-0.1, -0.05) is 6.07 Å². The summed E-state index contributed by atoms with van der Waals surface area (Å²) in [5.74, 6) is 0.331. The summed E-state index contributed by atoms with van der Waals surface area (Å²) in [6.07, 6.45) is 0. The highest BCUT2D eigenvalue weighted by Crippen LogP contribution is 2.23. The number of anilines is 1. The van der Waals surface area contributed by atoms with Crippen molar-refractivity contribution in [2.75, 3.05) is 5.32 Å². The van der Waals surface area contributed by atoms with Crippen molar-refractivity contribution in [3.63, 3.8) is 0 Å². The van der Waals surface area contributed by atoms with E-state index in [1.54, 1.807) is 17.4 Å². The first kappa shape index (κ1) is 11.5. The molecule has 0 amide bonds. The third-order valence-electron chi connectivity index (χ3n) is 2.30. The van der Waals surface area contributed by atoms with Gasteiger partial charge in [0.15, 0.2) is 0 Å². The maximum Gasteiger partial charge on any atom is 0.120 e. The third kappa shape index (κ3) is 2.77. The van der Waals surface area contributed by atoms with Crippen molar-refractivity contribution in [1.82, 2.24) is 0 Å². The molecule has 0 saturated carbocycles. The van der Waals surface area contributed by atoms with E-state index in [2.05, 4.69) is 32.7 Å². The standard InChI is InChI=1S/C12H12BrNOS/c1-8-2-3-10(5-12(8)15)14-6-11-4-9(13)7-16-11/h2-5,7,14-15H,6H2,1H3. The number of rotatable bonds is 3. The molecular formula is C12H12BrNOS. The van der Waals surface area contributed by atoms with Gasteiger partial charge in [-0.15, -0.1) is 11.3 Å². The molecule has 1 heterocycles. The zero-order chi connectivity index (χ0) is 11.5. The van der Waals surface area contributed by atoms with Crippen LogP contribution < -0.4 is 5.32 Å². The summed E-state index contributed by atoms with van der Waals surface area (Å²) >= 11 is 5.13. The van der Waals surface area contributed by atoms with E-state index in [9.17, 15) is 5.11 Å². The van der Waals surface area contributed by atoms with Crippen molar-refractivity contribution in [3.8, 4) is 5.75 Å². The average molecular weight is 298 g/mol. The molecule has 2 N–H and O–H groups in total. The minimum atomic E-state index is 0.331. The van der Waals surface area contributed by atoms with Gasteiger partial charge < -0.3 is 10.4 Å². The van der Waals surface area contributed by atoms with Crippen LogP contribution in [0, 0.1) is 6.92 Å². The lowest BCUT2D eigenvalue weighted by Crippen LogP contribution is -1.97. The van der Waals surface area contributed by atoms with E-state index in [0.717, 1.165) is 22.3 Å². The summed E-state index contributed by atoms with van der Waals surface area (Å²) in [7, 11) is 0. The van der Waals surface area contributed by atoms with Gasteiger partial charge >= 0.3 is 0 Å². The lowest BCUT2D eigenvalue weighted by molar-refractivity contribution is 0.471. The molecule has 1 aromatic carbocycles. The number of hydrogen-bond donors (Lipinski definition) is 2. The molecule has 16 heavy (non-hydrogen) atoms. The van der Waals surface area contributed by atoms with Gasteiger partial charge in [0.1, 0.15) is 5.75 Å². The molecule has 0 unspecified atom stereocenters. The Balaban J connectivity index is 2.02. The van der Waals surface area contributed by atoms with Crippen LogP contribution in [0.4, 0.5) is 5.69 Å². The van der Waals surface area contributed by atoms with Crippen molar-refractivity contribution in [2.45, 2.75) is 13.5 Å². The van der Waals surface area contributed by atoms with Gasteiger partial charge in [0.05, 0.1) is 0 Å².